The third-order valence-corrected chi connectivity index (χ3v) is 4.50. The molecule has 1 unspecified atom stereocenters. The first kappa shape index (κ1) is 17.1. The first-order chi connectivity index (χ1) is 9.44. The van der Waals surface area contributed by atoms with Crippen LogP contribution in [0.1, 0.15) is 38.8 Å². The summed E-state index contributed by atoms with van der Waals surface area (Å²) in [4.78, 5) is 0. The minimum absolute atomic E-state index is 0.113. The van der Waals surface area contributed by atoms with Crippen LogP contribution in [0.15, 0.2) is 30.3 Å². The zero-order valence-corrected chi connectivity index (χ0v) is 13.4. The van der Waals surface area contributed by atoms with Crippen LogP contribution in [-0.4, -0.2) is 27.3 Å². The van der Waals surface area contributed by atoms with Crippen molar-refractivity contribution < 1.29 is 8.42 Å². The second-order valence-electron chi connectivity index (χ2n) is 5.36. The van der Waals surface area contributed by atoms with Gasteiger partial charge in [-0.3, -0.25) is 0 Å². The fourth-order valence-corrected chi connectivity index (χ4v) is 3.12. The van der Waals surface area contributed by atoms with Crippen LogP contribution >= 0.6 is 0 Å². The molecule has 20 heavy (non-hydrogen) atoms. The van der Waals surface area contributed by atoms with Gasteiger partial charge < -0.3 is 5.32 Å². The minimum Gasteiger partial charge on any atom is -0.309 e. The highest BCUT2D eigenvalue weighted by Crippen LogP contribution is 2.20. The second-order valence-corrected chi connectivity index (χ2v) is 7.29. The SMILES string of the molecule is CCNS(=O)(=O)CCNC(CC(C)C)c1ccccc1. The Morgan fingerprint density at radius 3 is 2.35 bits per heavy atom. The molecule has 0 aliphatic rings. The van der Waals surface area contributed by atoms with E-state index in [0.717, 1.165) is 6.42 Å². The van der Waals surface area contributed by atoms with Gasteiger partial charge in [-0.1, -0.05) is 51.1 Å². The maximum Gasteiger partial charge on any atom is 0.212 e. The zero-order chi connectivity index (χ0) is 15.0. The average molecular weight is 298 g/mol. The molecule has 0 spiro atoms. The molecule has 0 aliphatic carbocycles. The Hall–Kier alpha value is -0.910. The molecule has 0 saturated carbocycles. The van der Waals surface area contributed by atoms with Crippen molar-refractivity contribution in [3.63, 3.8) is 0 Å². The standard InChI is InChI=1S/C15H26N2O2S/c1-4-17-20(18,19)11-10-16-15(12-13(2)3)14-8-6-5-7-9-14/h5-9,13,15-17H,4,10-12H2,1-3H3. The number of sulfonamides is 1. The lowest BCUT2D eigenvalue weighted by Crippen LogP contribution is -2.33. The van der Waals surface area contributed by atoms with E-state index in [4.69, 9.17) is 0 Å². The summed E-state index contributed by atoms with van der Waals surface area (Å²) in [6.07, 6.45) is 0.991. The summed E-state index contributed by atoms with van der Waals surface area (Å²) < 4.78 is 25.7. The molecule has 0 amide bonds. The molecule has 0 bridgehead atoms. The summed E-state index contributed by atoms with van der Waals surface area (Å²) in [6, 6.07) is 10.4. The third kappa shape index (κ3) is 6.50. The Morgan fingerprint density at radius 2 is 1.80 bits per heavy atom. The number of hydrogen-bond acceptors (Lipinski definition) is 3. The quantitative estimate of drug-likeness (QED) is 0.735. The van der Waals surface area contributed by atoms with Gasteiger partial charge in [0.15, 0.2) is 0 Å². The smallest absolute Gasteiger partial charge is 0.212 e. The first-order valence-electron chi connectivity index (χ1n) is 7.20. The summed E-state index contributed by atoms with van der Waals surface area (Å²) in [7, 11) is -3.15. The lowest BCUT2D eigenvalue weighted by Gasteiger charge is -2.21. The maximum atomic E-state index is 11.6. The molecular formula is C15H26N2O2S. The van der Waals surface area contributed by atoms with Crippen LogP contribution in [0.5, 0.6) is 0 Å². The zero-order valence-electron chi connectivity index (χ0n) is 12.6. The van der Waals surface area contributed by atoms with Crippen molar-refractivity contribution in [2.45, 2.75) is 33.2 Å². The molecule has 0 aromatic heterocycles. The Bertz CT molecular complexity index is 472. The number of nitrogens with one attached hydrogen (secondary N) is 2. The van der Waals surface area contributed by atoms with Crippen LogP contribution < -0.4 is 10.0 Å². The van der Waals surface area contributed by atoms with Gasteiger partial charge in [0, 0.05) is 19.1 Å². The maximum absolute atomic E-state index is 11.6. The number of benzene rings is 1. The van der Waals surface area contributed by atoms with E-state index in [1.807, 2.05) is 18.2 Å². The fourth-order valence-electron chi connectivity index (χ4n) is 2.15. The Morgan fingerprint density at radius 1 is 1.15 bits per heavy atom. The average Bonchev–Trinajstić information content (AvgIpc) is 2.38. The summed E-state index contributed by atoms with van der Waals surface area (Å²) in [5.41, 5.74) is 1.21. The number of rotatable bonds is 9. The highest BCUT2D eigenvalue weighted by Gasteiger charge is 2.14. The summed E-state index contributed by atoms with van der Waals surface area (Å²) in [5.74, 6) is 0.667. The van der Waals surface area contributed by atoms with E-state index >= 15 is 0 Å². The molecule has 1 rings (SSSR count). The van der Waals surface area contributed by atoms with Gasteiger partial charge in [0.1, 0.15) is 0 Å². The Labute approximate surface area is 123 Å². The molecule has 0 heterocycles. The first-order valence-corrected chi connectivity index (χ1v) is 8.85. The van der Waals surface area contributed by atoms with Gasteiger partial charge in [0.25, 0.3) is 0 Å². The fraction of sp³-hybridized carbons (Fsp3) is 0.600. The Kier molecular flexibility index (Phi) is 7.19. The molecule has 1 aromatic carbocycles. The van der Waals surface area contributed by atoms with Crippen molar-refractivity contribution in [1.82, 2.24) is 10.0 Å². The highest BCUT2D eigenvalue weighted by atomic mass is 32.2. The van der Waals surface area contributed by atoms with Gasteiger partial charge in [-0.2, -0.15) is 0 Å². The molecule has 0 fully saturated rings. The molecule has 2 N–H and O–H groups in total. The van der Waals surface area contributed by atoms with Crippen molar-refractivity contribution in [3.8, 4) is 0 Å². The molecule has 0 radical (unpaired) electrons. The molecule has 114 valence electrons. The van der Waals surface area contributed by atoms with E-state index in [2.05, 4.69) is 36.0 Å². The molecule has 0 aliphatic heterocycles. The van der Waals surface area contributed by atoms with Crippen LogP contribution in [0.3, 0.4) is 0 Å². The largest absolute Gasteiger partial charge is 0.309 e. The van der Waals surface area contributed by atoms with Gasteiger partial charge >= 0.3 is 0 Å². The number of hydrogen-bond donors (Lipinski definition) is 2. The molecule has 0 saturated heterocycles. The van der Waals surface area contributed by atoms with Crippen molar-refractivity contribution in [1.29, 1.82) is 0 Å². The topological polar surface area (TPSA) is 58.2 Å². The van der Waals surface area contributed by atoms with E-state index < -0.39 is 10.0 Å². The van der Waals surface area contributed by atoms with E-state index in [-0.39, 0.29) is 11.8 Å². The van der Waals surface area contributed by atoms with Crippen molar-refractivity contribution >= 4 is 10.0 Å². The van der Waals surface area contributed by atoms with Crippen LogP contribution in [0.25, 0.3) is 0 Å². The van der Waals surface area contributed by atoms with Crippen LogP contribution in [0, 0.1) is 5.92 Å². The molecule has 4 nitrogen and oxygen atoms in total. The van der Waals surface area contributed by atoms with E-state index in [1.165, 1.54) is 5.56 Å². The lowest BCUT2D eigenvalue weighted by atomic mass is 9.97. The highest BCUT2D eigenvalue weighted by molar-refractivity contribution is 7.89. The van der Waals surface area contributed by atoms with Gasteiger partial charge in [-0.05, 0) is 17.9 Å². The lowest BCUT2D eigenvalue weighted by molar-refractivity contribution is 0.438. The Balaban J connectivity index is 2.59. The van der Waals surface area contributed by atoms with Gasteiger partial charge in [-0.25, -0.2) is 13.1 Å². The monoisotopic (exact) mass is 298 g/mol. The van der Waals surface area contributed by atoms with Gasteiger partial charge in [0.05, 0.1) is 5.75 Å². The summed E-state index contributed by atoms with van der Waals surface area (Å²) in [5, 5.41) is 3.36. The van der Waals surface area contributed by atoms with Crippen LogP contribution in [0.2, 0.25) is 0 Å². The van der Waals surface area contributed by atoms with Crippen molar-refractivity contribution in [3.05, 3.63) is 35.9 Å². The van der Waals surface area contributed by atoms with Crippen LogP contribution in [0.4, 0.5) is 0 Å². The van der Waals surface area contributed by atoms with Gasteiger partial charge in [-0.15, -0.1) is 0 Å². The van der Waals surface area contributed by atoms with Crippen molar-refractivity contribution in [2.75, 3.05) is 18.8 Å². The normalized spacial score (nSPS) is 13.6. The van der Waals surface area contributed by atoms with Crippen molar-refractivity contribution in [2.24, 2.45) is 5.92 Å². The molecule has 1 aromatic rings. The molecular weight excluding hydrogens is 272 g/mol. The van der Waals surface area contributed by atoms with Gasteiger partial charge in [0.2, 0.25) is 10.0 Å². The van der Waals surface area contributed by atoms with E-state index in [9.17, 15) is 8.42 Å². The van der Waals surface area contributed by atoms with Crippen LogP contribution in [-0.2, 0) is 10.0 Å². The minimum atomic E-state index is -3.15. The predicted molar refractivity (Wildman–Crippen MR) is 84.1 cm³/mol. The predicted octanol–water partition coefficient (Wildman–Crippen LogP) is 2.30. The molecule has 1 atom stereocenters. The summed E-state index contributed by atoms with van der Waals surface area (Å²) >= 11 is 0. The van der Waals surface area contributed by atoms with E-state index in [0.29, 0.717) is 19.0 Å². The summed E-state index contributed by atoms with van der Waals surface area (Å²) in [6.45, 7) is 7.04. The third-order valence-electron chi connectivity index (χ3n) is 3.03. The van der Waals surface area contributed by atoms with E-state index in [1.54, 1.807) is 6.92 Å². The second kappa shape index (κ2) is 8.39. The molecule has 5 heteroatoms.